The summed E-state index contributed by atoms with van der Waals surface area (Å²) in [5, 5.41) is 18.8. The van der Waals surface area contributed by atoms with Crippen LogP contribution in [0.3, 0.4) is 0 Å². The van der Waals surface area contributed by atoms with Crippen molar-refractivity contribution < 1.29 is 9.90 Å². The molecule has 1 aromatic heterocycles. The van der Waals surface area contributed by atoms with Gasteiger partial charge in [-0.05, 0) is 25.8 Å². The fraction of sp³-hybridized carbons (Fsp3) is 0.412. The predicted octanol–water partition coefficient (Wildman–Crippen LogP) is 1.73. The molecule has 6 heteroatoms. The smallest absolute Gasteiger partial charge is 0.315 e. The molecule has 0 unspecified atom stereocenters. The Morgan fingerprint density at radius 1 is 1.22 bits per heavy atom. The molecule has 0 aliphatic rings. The van der Waals surface area contributed by atoms with Gasteiger partial charge in [0.15, 0.2) is 0 Å². The molecule has 1 heterocycles. The summed E-state index contributed by atoms with van der Waals surface area (Å²) in [5.41, 5.74) is 4.22. The van der Waals surface area contributed by atoms with Gasteiger partial charge < -0.3 is 15.7 Å². The summed E-state index contributed by atoms with van der Waals surface area (Å²) in [4.78, 5) is 11.7. The van der Waals surface area contributed by atoms with E-state index >= 15 is 0 Å². The highest BCUT2D eigenvalue weighted by molar-refractivity contribution is 5.73. The summed E-state index contributed by atoms with van der Waals surface area (Å²) >= 11 is 0. The zero-order valence-electron chi connectivity index (χ0n) is 13.7. The van der Waals surface area contributed by atoms with Crippen LogP contribution in [0, 0.1) is 13.8 Å². The van der Waals surface area contributed by atoms with Crippen LogP contribution in [0.2, 0.25) is 0 Å². The third-order valence-electron chi connectivity index (χ3n) is 3.75. The van der Waals surface area contributed by atoms with E-state index in [0.717, 1.165) is 23.5 Å². The molecule has 2 aromatic rings. The first-order valence-corrected chi connectivity index (χ1v) is 7.81. The number of rotatable bonds is 7. The van der Waals surface area contributed by atoms with E-state index < -0.39 is 0 Å². The Morgan fingerprint density at radius 2 is 1.96 bits per heavy atom. The van der Waals surface area contributed by atoms with Gasteiger partial charge in [-0.1, -0.05) is 30.3 Å². The molecular formula is C17H24N4O2. The van der Waals surface area contributed by atoms with Gasteiger partial charge in [-0.25, -0.2) is 4.79 Å². The van der Waals surface area contributed by atoms with Gasteiger partial charge in [0.25, 0.3) is 0 Å². The Balaban J connectivity index is 1.96. The summed E-state index contributed by atoms with van der Waals surface area (Å²) in [7, 11) is 0. The van der Waals surface area contributed by atoms with E-state index in [1.807, 2.05) is 36.7 Å². The Labute approximate surface area is 136 Å². The molecule has 2 amide bonds. The van der Waals surface area contributed by atoms with Crippen molar-refractivity contribution in [3.8, 4) is 0 Å². The summed E-state index contributed by atoms with van der Waals surface area (Å²) in [6.45, 7) is 5.67. The molecule has 1 aromatic carbocycles. The summed E-state index contributed by atoms with van der Waals surface area (Å²) in [5.74, 6) is 0. The summed E-state index contributed by atoms with van der Waals surface area (Å²) in [6.07, 6.45) is 0.556. The van der Waals surface area contributed by atoms with Crippen molar-refractivity contribution in [3.05, 3.63) is 52.8 Å². The quantitative estimate of drug-likeness (QED) is 0.681. The summed E-state index contributed by atoms with van der Waals surface area (Å²) in [6, 6.07) is 9.94. The maximum absolute atomic E-state index is 11.7. The van der Waals surface area contributed by atoms with Gasteiger partial charge in [0.2, 0.25) is 0 Å². The van der Waals surface area contributed by atoms with Crippen LogP contribution in [-0.2, 0) is 13.1 Å². The number of aromatic nitrogens is 2. The number of carbonyl (C=O) groups is 1. The normalized spacial score (nSPS) is 10.6. The van der Waals surface area contributed by atoms with E-state index in [9.17, 15) is 4.79 Å². The van der Waals surface area contributed by atoms with Crippen molar-refractivity contribution in [2.75, 3.05) is 13.2 Å². The van der Waals surface area contributed by atoms with Crippen LogP contribution < -0.4 is 10.6 Å². The number of aliphatic hydroxyl groups is 1. The van der Waals surface area contributed by atoms with Gasteiger partial charge in [-0.2, -0.15) is 5.10 Å². The summed E-state index contributed by atoms with van der Waals surface area (Å²) < 4.78 is 1.96. The van der Waals surface area contributed by atoms with E-state index in [2.05, 4.69) is 27.9 Å². The van der Waals surface area contributed by atoms with Crippen LogP contribution in [0.15, 0.2) is 30.3 Å². The van der Waals surface area contributed by atoms with Crippen molar-refractivity contribution in [1.82, 2.24) is 20.4 Å². The fourth-order valence-electron chi connectivity index (χ4n) is 2.41. The van der Waals surface area contributed by atoms with Gasteiger partial charge in [0, 0.05) is 31.0 Å². The van der Waals surface area contributed by atoms with Crippen molar-refractivity contribution in [1.29, 1.82) is 0 Å². The predicted molar refractivity (Wildman–Crippen MR) is 89.2 cm³/mol. The average molecular weight is 316 g/mol. The molecule has 0 fully saturated rings. The number of carbonyl (C=O) groups excluding carboxylic acids is 1. The molecule has 3 N–H and O–H groups in total. The molecule has 0 atom stereocenters. The van der Waals surface area contributed by atoms with E-state index in [4.69, 9.17) is 5.11 Å². The lowest BCUT2D eigenvalue weighted by Gasteiger charge is -2.08. The third kappa shape index (κ3) is 4.82. The van der Waals surface area contributed by atoms with Gasteiger partial charge in [-0.3, -0.25) is 4.68 Å². The second-order valence-electron chi connectivity index (χ2n) is 5.48. The van der Waals surface area contributed by atoms with Crippen molar-refractivity contribution in [3.63, 3.8) is 0 Å². The third-order valence-corrected chi connectivity index (χ3v) is 3.75. The lowest BCUT2D eigenvalue weighted by Crippen LogP contribution is -2.36. The second kappa shape index (κ2) is 8.33. The Morgan fingerprint density at radius 3 is 2.65 bits per heavy atom. The molecule has 0 spiro atoms. The maximum Gasteiger partial charge on any atom is 0.315 e. The highest BCUT2D eigenvalue weighted by atomic mass is 16.3. The van der Waals surface area contributed by atoms with E-state index in [-0.39, 0.29) is 12.6 Å². The van der Waals surface area contributed by atoms with Gasteiger partial charge in [0.1, 0.15) is 0 Å². The average Bonchev–Trinajstić information content (AvgIpc) is 2.80. The van der Waals surface area contributed by atoms with Crippen LogP contribution >= 0.6 is 0 Å². The molecule has 0 radical (unpaired) electrons. The van der Waals surface area contributed by atoms with Gasteiger partial charge in [0.05, 0.1) is 12.2 Å². The van der Waals surface area contributed by atoms with Crippen LogP contribution in [0.25, 0.3) is 0 Å². The highest BCUT2D eigenvalue weighted by Crippen LogP contribution is 2.14. The van der Waals surface area contributed by atoms with Gasteiger partial charge >= 0.3 is 6.03 Å². The standard InChI is InChI=1S/C17H24N4O2/c1-13-16(11-19-17(23)18-9-6-10-22)14(2)21(20-13)12-15-7-4-3-5-8-15/h3-5,7-8,22H,6,9-12H2,1-2H3,(H2,18,19,23). The topological polar surface area (TPSA) is 79.2 Å². The van der Waals surface area contributed by atoms with E-state index in [0.29, 0.717) is 19.5 Å². The number of amides is 2. The zero-order valence-corrected chi connectivity index (χ0v) is 13.7. The first-order chi connectivity index (χ1) is 11.1. The van der Waals surface area contributed by atoms with Gasteiger partial charge in [-0.15, -0.1) is 0 Å². The van der Waals surface area contributed by atoms with Crippen molar-refractivity contribution in [2.45, 2.75) is 33.4 Å². The maximum atomic E-state index is 11.7. The first kappa shape index (κ1) is 17.0. The molecule has 124 valence electrons. The van der Waals surface area contributed by atoms with Crippen molar-refractivity contribution >= 4 is 6.03 Å². The van der Waals surface area contributed by atoms with Crippen LogP contribution in [-0.4, -0.2) is 34.1 Å². The lowest BCUT2D eigenvalue weighted by atomic mass is 10.2. The monoisotopic (exact) mass is 316 g/mol. The highest BCUT2D eigenvalue weighted by Gasteiger charge is 2.12. The van der Waals surface area contributed by atoms with Crippen LogP contribution in [0.1, 0.15) is 28.9 Å². The number of nitrogens with zero attached hydrogens (tertiary/aromatic N) is 2. The van der Waals surface area contributed by atoms with Crippen molar-refractivity contribution in [2.24, 2.45) is 0 Å². The number of nitrogens with one attached hydrogen (secondary N) is 2. The molecule has 0 saturated carbocycles. The largest absolute Gasteiger partial charge is 0.396 e. The van der Waals surface area contributed by atoms with Crippen LogP contribution in [0.4, 0.5) is 4.79 Å². The zero-order chi connectivity index (χ0) is 16.7. The molecule has 0 bridgehead atoms. The minimum atomic E-state index is -0.229. The first-order valence-electron chi connectivity index (χ1n) is 7.81. The molecule has 6 nitrogen and oxygen atoms in total. The Bertz CT molecular complexity index is 638. The fourth-order valence-corrected chi connectivity index (χ4v) is 2.41. The number of aliphatic hydroxyl groups excluding tert-OH is 1. The molecule has 0 aliphatic heterocycles. The molecule has 0 saturated heterocycles. The Kier molecular flexibility index (Phi) is 6.17. The number of hydrogen-bond acceptors (Lipinski definition) is 3. The van der Waals surface area contributed by atoms with Crippen LogP contribution in [0.5, 0.6) is 0 Å². The van der Waals surface area contributed by atoms with E-state index in [1.165, 1.54) is 5.56 Å². The minimum Gasteiger partial charge on any atom is -0.396 e. The Hall–Kier alpha value is -2.34. The molecule has 2 rings (SSSR count). The molecule has 0 aliphatic carbocycles. The lowest BCUT2D eigenvalue weighted by molar-refractivity contribution is 0.237. The number of benzene rings is 1. The number of hydrogen-bond donors (Lipinski definition) is 3. The number of aryl methyl sites for hydroxylation is 1. The molecular weight excluding hydrogens is 292 g/mol. The SMILES string of the molecule is Cc1nn(Cc2ccccc2)c(C)c1CNC(=O)NCCCO. The number of urea groups is 1. The second-order valence-corrected chi connectivity index (χ2v) is 5.48. The van der Waals surface area contributed by atoms with E-state index in [1.54, 1.807) is 0 Å². The minimum absolute atomic E-state index is 0.0742. The molecule has 23 heavy (non-hydrogen) atoms.